The molecule has 5 rings (SSSR count). The Hall–Kier alpha value is -3.39. The van der Waals surface area contributed by atoms with E-state index < -0.39 is 17.7 Å². The molecule has 1 N–H and O–H groups in total. The monoisotopic (exact) mass is 508 g/mol. The Morgan fingerprint density at radius 3 is 2.57 bits per heavy atom. The zero-order chi connectivity index (χ0) is 25.8. The molecule has 0 aliphatic carbocycles. The fraction of sp³-hybridized carbons (Fsp3) is 0.379. The summed E-state index contributed by atoms with van der Waals surface area (Å²) < 4.78 is 40.3. The van der Waals surface area contributed by atoms with Crippen molar-refractivity contribution >= 4 is 11.6 Å². The molecule has 3 aromatic rings. The molecule has 2 aromatic carbocycles. The van der Waals surface area contributed by atoms with Gasteiger partial charge in [0.1, 0.15) is 0 Å². The molecule has 1 fully saturated rings. The Morgan fingerprint density at radius 1 is 1.00 bits per heavy atom. The van der Waals surface area contributed by atoms with Crippen molar-refractivity contribution in [3.8, 4) is 0 Å². The second-order valence-corrected chi connectivity index (χ2v) is 9.81. The zero-order valence-electron chi connectivity index (χ0n) is 20.6. The van der Waals surface area contributed by atoms with Crippen LogP contribution in [0, 0.1) is 5.92 Å². The molecular formula is C29H31F3N4O. The van der Waals surface area contributed by atoms with Gasteiger partial charge in [0, 0.05) is 56.7 Å². The summed E-state index contributed by atoms with van der Waals surface area (Å²) >= 11 is 0. The number of benzene rings is 2. The van der Waals surface area contributed by atoms with Gasteiger partial charge in [0.2, 0.25) is 5.91 Å². The fourth-order valence-electron chi connectivity index (χ4n) is 5.48. The van der Waals surface area contributed by atoms with Crippen LogP contribution in [0.1, 0.15) is 22.4 Å². The average Bonchev–Trinajstić information content (AvgIpc) is 2.91. The largest absolute Gasteiger partial charge is 0.416 e. The standard InChI is InChI=1S/C29H31F3N4O/c30-29(31,32)23-9-10-26-22(18-23)19-25(28(37)34-14-11-24-8-4-5-13-33-24)27-20-35(16-17-36(26)27)15-12-21-6-2-1-3-7-21/h1-10,13,18,25,27H,11-12,14-17,19-20H2,(H,34,37)/t25-,27-/m0/s1. The third-order valence-electron chi connectivity index (χ3n) is 7.43. The van der Waals surface area contributed by atoms with Crippen LogP contribution in [0.2, 0.25) is 0 Å². The van der Waals surface area contributed by atoms with Crippen LogP contribution >= 0.6 is 0 Å². The first-order chi connectivity index (χ1) is 17.9. The van der Waals surface area contributed by atoms with Gasteiger partial charge in [-0.1, -0.05) is 36.4 Å². The third kappa shape index (κ3) is 5.96. The van der Waals surface area contributed by atoms with Crippen molar-refractivity contribution in [3.05, 3.63) is 95.3 Å². The molecule has 0 saturated carbocycles. The van der Waals surface area contributed by atoms with Crippen molar-refractivity contribution in [1.29, 1.82) is 0 Å². The second-order valence-electron chi connectivity index (χ2n) is 9.81. The second kappa shape index (κ2) is 10.9. The van der Waals surface area contributed by atoms with Crippen LogP contribution in [0.5, 0.6) is 0 Å². The van der Waals surface area contributed by atoms with Crippen LogP contribution in [0.15, 0.2) is 72.9 Å². The lowest BCUT2D eigenvalue weighted by atomic mass is 9.82. The fourth-order valence-corrected chi connectivity index (χ4v) is 5.48. The number of amides is 1. The molecule has 194 valence electrons. The van der Waals surface area contributed by atoms with E-state index in [9.17, 15) is 18.0 Å². The van der Waals surface area contributed by atoms with Crippen molar-refractivity contribution in [2.45, 2.75) is 31.5 Å². The van der Waals surface area contributed by atoms with E-state index in [0.29, 0.717) is 38.0 Å². The van der Waals surface area contributed by atoms with E-state index in [4.69, 9.17) is 0 Å². The minimum Gasteiger partial charge on any atom is -0.365 e. The smallest absolute Gasteiger partial charge is 0.365 e. The maximum absolute atomic E-state index is 13.4. The lowest BCUT2D eigenvalue weighted by Crippen LogP contribution is -2.61. The predicted octanol–water partition coefficient (Wildman–Crippen LogP) is 4.36. The summed E-state index contributed by atoms with van der Waals surface area (Å²) in [5.41, 5.74) is 2.90. The quantitative estimate of drug-likeness (QED) is 0.515. The van der Waals surface area contributed by atoms with E-state index in [1.165, 1.54) is 11.6 Å². The van der Waals surface area contributed by atoms with E-state index in [1.807, 2.05) is 36.4 Å². The van der Waals surface area contributed by atoms with Crippen LogP contribution in [-0.4, -0.2) is 54.6 Å². The van der Waals surface area contributed by atoms with Crippen molar-refractivity contribution in [2.24, 2.45) is 5.92 Å². The summed E-state index contributed by atoms with van der Waals surface area (Å²) in [6.07, 6.45) is -0.881. The van der Waals surface area contributed by atoms with E-state index in [2.05, 4.69) is 32.2 Å². The summed E-state index contributed by atoms with van der Waals surface area (Å²) in [6, 6.07) is 19.8. The van der Waals surface area contributed by atoms with Gasteiger partial charge in [-0.3, -0.25) is 14.7 Å². The van der Waals surface area contributed by atoms with Crippen LogP contribution in [0.4, 0.5) is 18.9 Å². The number of fused-ring (bicyclic) bond motifs is 3. The summed E-state index contributed by atoms with van der Waals surface area (Å²) in [7, 11) is 0. The number of piperazine rings is 1. The molecular weight excluding hydrogens is 477 g/mol. The molecule has 2 aliphatic rings. The molecule has 1 saturated heterocycles. The number of carbonyl (C=O) groups excluding carboxylic acids is 1. The van der Waals surface area contributed by atoms with Gasteiger partial charge >= 0.3 is 6.18 Å². The van der Waals surface area contributed by atoms with Gasteiger partial charge in [0.05, 0.1) is 17.5 Å². The van der Waals surface area contributed by atoms with Crippen LogP contribution in [0.25, 0.3) is 0 Å². The molecule has 0 bridgehead atoms. The number of pyridine rings is 1. The highest BCUT2D eigenvalue weighted by molar-refractivity contribution is 5.82. The SMILES string of the molecule is O=C(NCCc1ccccn1)[C@H]1Cc2cc(C(F)(F)F)ccc2N2CCN(CCc3ccccc3)C[C@@H]12. The summed E-state index contributed by atoms with van der Waals surface area (Å²) in [6.45, 7) is 3.49. The molecule has 3 heterocycles. The number of aromatic nitrogens is 1. The lowest BCUT2D eigenvalue weighted by molar-refractivity contribution is -0.137. The molecule has 2 aliphatic heterocycles. The predicted molar refractivity (Wildman–Crippen MR) is 137 cm³/mol. The van der Waals surface area contributed by atoms with Gasteiger partial charge in [0.25, 0.3) is 0 Å². The van der Waals surface area contributed by atoms with E-state index in [1.54, 1.807) is 12.3 Å². The molecule has 1 amide bonds. The van der Waals surface area contributed by atoms with E-state index in [0.717, 1.165) is 37.0 Å². The van der Waals surface area contributed by atoms with Gasteiger partial charge < -0.3 is 10.2 Å². The molecule has 1 aromatic heterocycles. The summed E-state index contributed by atoms with van der Waals surface area (Å²) in [5.74, 6) is -0.543. The first-order valence-electron chi connectivity index (χ1n) is 12.8. The van der Waals surface area contributed by atoms with Gasteiger partial charge in [-0.05, 0) is 54.3 Å². The number of nitrogens with zero attached hydrogens (tertiary/aromatic N) is 3. The highest BCUT2D eigenvalue weighted by Gasteiger charge is 2.42. The minimum absolute atomic E-state index is 0.0939. The van der Waals surface area contributed by atoms with Crippen molar-refractivity contribution in [1.82, 2.24) is 15.2 Å². The molecule has 8 heteroatoms. The lowest BCUT2D eigenvalue weighted by Gasteiger charge is -2.49. The molecule has 0 radical (unpaired) electrons. The Bertz CT molecular complexity index is 1200. The van der Waals surface area contributed by atoms with Gasteiger partial charge in [-0.15, -0.1) is 0 Å². The first kappa shape index (κ1) is 25.3. The normalized spacial score (nSPS) is 19.7. The summed E-state index contributed by atoms with van der Waals surface area (Å²) in [4.78, 5) is 22.2. The Labute approximate surface area is 215 Å². The molecule has 2 atom stereocenters. The maximum Gasteiger partial charge on any atom is 0.416 e. The zero-order valence-corrected chi connectivity index (χ0v) is 20.6. The number of alkyl halides is 3. The number of halogens is 3. The average molecular weight is 509 g/mol. The van der Waals surface area contributed by atoms with Crippen molar-refractivity contribution in [3.63, 3.8) is 0 Å². The van der Waals surface area contributed by atoms with Gasteiger partial charge in [0.15, 0.2) is 0 Å². The van der Waals surface area contributed by atoms with Crippen molar-refractivity contribution in [2.75, 3.05) is 37.6 Å². The topological polar surface area (TPSA) is 48.5 Å². The maximum atomic E-state index is 13.4. The molecule has 0 spiro atoms. The van der Waals surface area contributed by atoms with Crippen LogP contribution < -0.4 is 10.2 Å². The van der Waals surface area contributed by atoms with Gasteiger partial charge in [-0.2, -0.15) is 13.2 Å². The number of hydrogen-bond donors (Lipinski definition) is 1. The van der Waals surface area contributed by atoms with Crippen molar-refractivity contribution < 1.29 is 18.0 Å². The minimum atomic E-state index is -4.41. The number of nitrogens with one attached hydrogen (secondary N) is 1. The number of carbonyl (C=O) groups is 1. The van der Waals surface area contributed by atoms with Crippen LogP contribution in [-0.2, 0) is 30.2 Å². The highest BCUT2D eigenvalue weighted by Crippen LogP contribution is 2.39. The number of hydrogen-bond acceptors (Lipinski definition) is 4. The first-order valence-corrected chi connectivity index (χ1v) is 12.8. The Balaban J connectivity index is 1.33. The Kier molecular flexibility index (Phi) is 7.46. The molecule has 5 nitrogen and oxygen atoms in total. The Morgan fingerprint density at radius 2 is 1.81 bits per heavy atom. The third-order valence-corrected chi connectivity index (χ3v) is 7.43. The van der Waals surface area contributed by atoms with E-state index in [-0.39, 0.29) is 11.9 Å². The number of anilines is 1. The highest BCUT2D eigenvalue weighted by atomic mass is 19.4. The number of rotatable bonds is 7. The summed E-state index contributed by atoms with van der Waals surface area (Å²) in [5, 5.41) is 3.04. The van der Waals surface area contributed by atoms with E-state index >= 15 is 0 Å². The van der Waals surface area contributed by atoms with Crippen LogP contribution in [0.3, 0.4) is 0 Å². The molecule has 0 unspecified atom stereocenters. The van der Waals surface area contributed by atoms with Gasteiger partial charge in [-0.25, -0.2) is 0 Å². The molecule has 37 heavy (non-hydrogen) atoms.